The fourth-order valence-corrected chi connectivity index (χ4v) is 3.96. The number of nitrogens with one attached hydrogen (secondary N) is 3. The molecule has 1 amide bonds. The molecule has 0 saturated heterocycles. The molecule has 0 aromatic rings. The zero-order valence-electron chi connectivity index (χ0n) is 15.5. The molecule has 3 N–H and O–H groups in total. The van der Waals surface area contributed by atoms with Gasteiger partial charge in [0.1, 0.15) is 0 Å². The van der Waals surface area contributed by atoms with Crippen LogP contribution in [-0.4, -0.2) is 50.3 Å². The Hall–Kier alpha value is -0.570. The van der Waals surface area contributed by atoms with E-state index in [-0.39, 0.29) is 35.8 Å². The minimum Gasteiger partial charge on any atom is -0.378 e. The minimum absolute atomic E-state index is 0. The monoisotopic (exact) mass is 464 g/mol. The second kappa shape index (κ2) is 9.39. The van der Waals surface area contributed by atoms with Crippen molar-refractivity contribution in [1.29, 1.82) is 0 Å². The van der Waals surface area contributed by atoms with E-state index in [1.807, 2.05) is 0 Å². The van der Waals surface area contributed by atoms with Gasteiger partial charge in [0.05, 0.1) is 12.6 Å². The van der Waals surface area contributed by atoms with Crippen LogP contribution < -0.4 is 16.0 Å². The van der Waals surface area contributed by atoms with Crippen LogP contribution in [0.4, 0.5) is 0 Å². The van der Waals surface area contributed by atoms with Crippen LogP contribution >= 0.6 is 24.0 Å². The Kier molecular flexibility index (Phi) is 7.79. The van der Waals surface area contributed by atoms with Crippen molar-refractivity contribution in [3.05, 3.63) is 0 Å². The van der Waals surface area contributed by atoms with E-state index in [9.17, 15) is 4.79 Å². The summed E-state index contributed by atoms with van der Waals surface area (Å²) in [6.45, 7) is 7.03. The summed E-state index contributed by atoms with van der Waals surface area (Å²) in [5.74, 6) is 1.32. The van der Waals surface area contributed by atoms with Crippen LogP contribution in [0.15, 0.2) is 4.99 Å². The summed E-state index contributed by atoms with van der Waals surface area (Å²) >= 11 is 0. The average molecular weight is 464 g/mol. The summed E-state index contributed by atoms with van der Waals surface area (Å²) in [5, 5.41) is 9.89. The minimum atomic E-state index is 0. The number of halogens is 1. The lowest BCUT2D eigenvalue weighted by Crippen LogP contribution is -2.68. The molecular weight excluding hydrogens is 431 g/mol. The van der Waals surface area contributed by atoms with Gasteiger partial charge in [0, 0.05) is 37.1 Å². The Morgan fingerprint density at radius 1 is 1.24 bits per heavy atom. The van der Waals surface area contributed by atoms with Crippen LogP contribution in [-0.2, 0) is 9.53 Å². The smallest absolute Gasteiger partial charge is 0.223 e. The second-order valence-corrected chi connectivity index (χ2v) is 7.29. The first-order valence-electron chi connectivity index (χ1n) is 9.63. The van der Waals surface area contributed by atoms with Gasteiger partial charge in [-0.25, -0.2) is 0 Å². The summed E-state index contributed by atoms with van der Waals surface area (Å²) in [6, 6.07) is 0.460. The molecular formula is C18H33IN4O2. The Labute approximate surface area is 168 Å². The van der Waals surface area contributed by atoms with E-state index in [2.05, 4.69) is 34.8 Å². The molecule has 144 valence electrons. The summed E-state index contributed by atoms with van der Waals surface area (Å²) in [5.41, 5.74) is 0.326. The van der Waals surface area contributed by atoms with Crippen LogP contribution in [0, 0.1) is 11.3 Å². The summed E-state index contributed by atoms with van der Waals surface area (Å²) < 4.78 is 5.91. The van der Waals surface area contributed by atoms with Crippen molar-refractivity contribution >= 4 is 35.8 Å². The standard InChI is InChI=1S/C18H32N4O2.HI/c1-3-19-17(21-11-10-20-16(23)13-6-7-13)22-14-12-15(24-4-2)18(14)8-5-9-18;/h13-15H,3-12H2,1-2H3,(H,20,23)(H2,19,21,22);1H. The highest BCUT2D eigenvalue weighted by molar-refractivity contribution is 14.0. The first kappa shape index (κ1) is 20.7. The van der Waals surface area contributed by atoms with Gasteiger partial charge < -0.3 is 20.7 Å². The number of aliphatic imine (C=N–C) groups is 1. The molecule has 3 aliphatic carbocycles. The SMILES string of the molecule is CCNC(=NCCNC(=O)C1CC1)NC1CC(OCC)C12CCC2.I. The fourth-order valence-electron chi connectivity index (χ4n) is 3.96. The van der Waals surface area contributed by atoms with Gasteiger partial charge >= 0.3 is 0 Å². The van der Waals surface area contributed by atoms with E-state index < -0.39 is 0 Å². The van der Waals surface area contributed by atoms with Gasteiger partial charge in [0.15, 0.2) is 5.96 Å². The highest BCUT2D eigenvalue weighted by Crippen LogP contribution is 2.57. The van der Waals surface area contributed by atoms with Crippen molar-refractivity contribution in [2.75, 3.05) is 26.2 Å². The molecule has 0 radical (unpaired) electrons. The van der Waals surface area contributed by atoms with E-state index >= 15 is 0 Å². The number of rotatable bonds is 8. The maximum atomic E-state index is 11.6. The molecule has 3 fully saturated rings. The van der Waals surface area contributed by atoms with Crippen molar-refractivity contribution in [3.8, 4) is 0 Å². The molecule has 3 rings (SSSR count). The topological polar surface area (TPSA) is 74.8 Å². The molecule has 3 saturated carbocycles. The molecule has 0 bridgehead atoms. The zero-order chi connectivity index (χ0) is 17.0. The number of ether oxygens (including phenoxy) is 1. The van der Waals surface area contributed by atoms with Crippen molar-refractivity contribution in [3.63, 3.8) is 0 Å². The third kappa shape index (κ3) is 4.78. The first-order chi connectivity index (χ1) is 11.7. The number of hydrogen-bond donors (Lipinski definition) is 3. The number of carbonyl (C=O) groups is 1. The van der Waals surface area contributed by atoms with E-state index in [0.29, 0.717) is 30.7 Å². The van der Waals surface area contributed by atoms with Gasteiger partial charge in [-0.05, 0) is 46.0 Å². The van der Waals surface area contributed by atoms with Gasteiger partial charge in [-0.3, -0.25) is 9.79 Å². The molecule has 0 aromatic heterocycles. The molecule has 2 atom stereocenters. The van der Waals surface area contributed by atoms with E-state index in [4.69, 9.17) is 4.74 Å². The Morgan fingerprint density at radius 2 is 2.00 bits per heavy atom. The highest BCUT2D eigenvalue weighted by atomic mass is 127. The molecule has 6 nitrogen and oxygen atoms in total. The van der Waals surface area contributed by atoms with Crippen molar-refractivity contribution < 1.29 is 9.53 Å². The summed E-state index contributed by atoms with van der Waals surface area (Å²) in [6.07, 6.45) is 7.39. The maximum absolute atomic E-state index is 11.6. The lowest BCUT2D eigenvalue weighted by atomic mass is 9.51. The number of nitrogens with zero attached hydrogens (tertiary/aromatic N) is 1. The molecule has 0 aliphatic heterocycles. The quantitative estimate of drug-likeness (QED) is 0.223. The Bertz CT molecular complexity index is 478. The van der Waals surface area contributed by atoms with Crippen molar-refractivity contribution in [2.24, 2.45) is 16.3 Å². The first-order valence-corrected chi connectivity index (χ1v) is 9.63. The van der Waals surface area contributed by atoms with E-state index in [1.165, 1.54) is 19.3 Å². The predicted octanol–water partition coefficient (Wildman–Crippen LogP) is 2.03. The third-order valence-electron chi connectivity index (χ3n) is 5.72. The third-order valence-corrected chi connectivity index (χ3v) is 5.72. The summed E-state index contributed by atoms with van der Waals surface area (Å²) in [7, 11) is 0. The number of guanidine groups is 1. The zero-order valence-corrected chi connectivity index (χ0v) is 17.8. The lowest BCUT2D eigenvalue weighted by Gasteiger charge is -2.61. The van der Waals surface area contributed by atoms with Crippen molar-refractivity contribution in [2.45, 2.75) is 64.5 Å². The Balaban J connectivity index is 0.00000225. The molecule has 1 spiro atoms. The second-order valence-electron chi connectivity index (χ2n) is 7.29. The van der Waals surface area contributed by atoms with Crippen LogP contribution in [0.25, 0.3) is 0 Å². The highest BCUT2D eigenvalue weighted by Gasteiger charge is 2.59. The largest absolute Gasteiger partial charge is 0.378 e. The molecule has 0 aromatic carbocycles. The molecule has 7 heteroatoms. The lowest BCUT2D eigenvalue weighted by molar-refractivity contribution is -0.168. The van der Waals surface area contributed by atoms with E-state index in [1.54, 1.807) is 0 Å². The van der Waals surface area contributed by atoms with Gasteiger partial charge in [-0.1, -0.05) is 6.42 Å². The maximum Gasteiger partial charge on any atom is 0.223 e. The number of carbonyl (C=O) groups excluding carboxylic acids is 1. The van der Waals surface area contributed by atoms with Gasteiger partial charge in [0.25, 0.3) is 0 Å². The Morgan fingerprint density at radius 3 is 2.56 bits per heavy atom. The van der Waals surface area contributed by atoms with Crippen LogP contribution in [0.2, 0.25) is 0 Å². The van der Waals surface area contributed by atoms with Gasteiger partial charge in [0.2, 0.25) is 5.91 Å². The van der Waals surface area contributed by atoms with Crippen LogP contribution in [0.1, 0.15) is 52.4 Å². The predicted molar refractivity (Wildman–Crippen MR) is 110 cm³/mol. The van der Waals surface area contributed by atoms with Crippen molar-refractivity contribution in [1.82, 2.24) is 16.0 Å². The average Bonchev–Trinajstić information content (AvgIpc) is 3.33. The van der Waals surface area contributed by atoms with Crippen LogP contribution in [0.5, 0.6) is 0 Å². The molecule has 25 heavy (non-hydrogen) atoms. The molecule has 3 aliphatic rings. The van der Waals surface area contributed by atoms with E-state index in [0.717, 1.165) is 38.4 Å². The molecule has 0 heterocycles. The number of hydrogen-bond acceptors (Lipinski definition) is 3. The number of amides is 1. The van der Waals surface area contributed by atoms with Crippen LogP contribution in [0.3, 0.4) is 0 Å². The van der Waals surface area contributed by atoms with Gasteiger partial charge in [-0.2, -0.15) is 0 Å². The summed E-state index contributed by atoms with van der Waals surface area (Å²) in [4.78, 5) is 16.3. The fraction of sp³-hybridized carbons (Fsp3) is 0.889. The van der Waals surface area contributed by atoms with Gasteiger partial charge in [-0.15, -0.1) is 24.0 Å². The normalized spacial score (nSPS) is 26.9. The molecule has 2 unspecified atom stereocenters.